The molecule has 0 saturated heterocycles. The van der Waals surface area contributed by atoms with E-state index in [0.717, 1.165) is 6.54 Å². The first-order chi connectivity index (χ1) is 9.73. The Morgan fingerprint density at radius 2 is 2.15 bits per heavy atom. The minimum atomic E-state index is 0.263. The van der Waals surface area contributed by atoms with Gasteiger partial charge >= 0.3 is 0 Å². The van der Waals surface area contributed by atoms with E-state index < -0.39 is 0 Å². The number of nitrogens with one attached hydrogen (secondary N) is 1. The fourth-order valence-electron chi connectivity index (χ4n) is 3.61. The predicted octanol–water partition coefficient (Wildman–Crippen LogP) is 4.04. The molecule has 1 heterocycles. The highest BCUT2D eigenvalue weighted by atomic mass is 14.9. The van der Waals surface area contributed by atoms with Crippen molar-refractivity contribution in [1.82, 2.24) is 10.3 Å². The molecule has 0 aliphatic heterocycles. The predicted molar refractivity (Wildman–Crippen MR) is 85.0 cm³/mol. The molecule has 2 aromatic rings. The molecule has 1 aromatic heterocycles. The van der Waals surface area contributed by atoms with Crippen LogP contribution in [0.25, 0.3) is 10.8 Å². The fraction of sp³-hybridized carbons (Fsp3) is 0.500. The van der Waals surface area contributed by atoms with Crippen LogP contribution in [0.2, 0.25) is 0 Å². The lowest BCUT2D eigenvalue weighted by Crippen LogP contribution is -2.29. The fourth-order valence-corrected chi connectivity index (χ4v) is 3.61. The number of rotatable bonds is 4. The number of fused-ring (bicyclic) bond motifs is 1. The van der Waals surface area contributed by atoms with E-state index >= 15 is 0 Å². The molecule has 1 aromatic carbocycles. The van der Waals surface area contributed by atoms with E-state index in [0.29, 0.717) is 6.04 Å². The molecule has 2 unspecified atom stereocenters. The summed E-state index contributed by atoms with van der Waals surface area (Å²) in [4.78, 5) is 4.47. The average molecular weight is 268 g/mol. The van der Waals surface area contributed by atoms with Crippen LogP contribution in [0.3, 0.4) is 0 Å². The standard InChI is InChI=1S/C18H24N2/c1-3-10-20-15-8-9-18(2,11-15)17-13-19-12-14-6-4-5-7-16(14)17/h4-7,12-13,15,20H,3,8-11H2,1-2H3. The van der Waals surface area contributed by atoms with Crippen LogP contribution in [0.1, 0.15) is 45.1 Å². The summed E-state index contributed by atoms with van der Waals surface area (Å²) in [6.07, 6.45) is 9.03. The van der Waals surface area contributed by atoms with E-state index in [1.165, 1.54) is 42.0 Å². The Morgan fingerprint density at radius 1 is 1.30 bits per heavy atom. The largest absolute Gasteiger partial charge is 0.314 e. The summed E-state index contributed by atoms with van der Waals surface area (Å²) in [5, 5.41) is 6.32. The Morgan fingerprint density at radius 3 is 3.00 bits per heavy atom. The van der Waals surface area contributed by atoms with Crippen molar-refractivity contribution in [2.45, 2.75) is 51.0 Å². The van der Waals surface area contributed by atoms with Crippen LogP contribution in [0.5, 0.6) is 0 Å². The molecule has 1 aliphatic carbocycles. The summed E-state index contributed by atoms with van der Waals surface area (Å²) in [7, 11) is 0. The third-order valence-corrected chi connectivity index (χ3v) is 4.74. The molecule has 1 fully saturated rings. The maximum atomic E-state index is 4.47. The van der Waals surface area contributed by atoms with Gasteiger partial charge in [-0.2, -0.15) is 0 Å². The van der Waals surface area contributed by atoms with Crippen molar-refractivity contribution in [3.05, 3.63) is 42.2 Å². The summed E-state index contributed by atoms with van der Waals surface area (Å²) in [5.41, 5.74) is 1.69. The van der Waals surface area contributed by atoms with Crippen molar-refractivity contribution >= 4 is 10.8 Å². The molecule has 0 amide bonds. The van der Waals surface area contributed by atoms with Gasteiger partial charge in [-0.05, 0) is 48.6 Å². The zero-order chi connectivity index (χ0) is 14.0. The number of benzene rings is 1. The van der Waals surface area contributed by atoms with Gasteiger partial charge in [0.05, 0.1) is 0 Å². The van der Waals surface area contributed by atoms with Crippen molar-refractivity contribution in [3.63, 3.8) is 0 Å². The first kappa shape index (κ1) is 13.6. The summed E-state index contributed by atoms with van der Waals surface area (Å²) >= 11 is 0. The van der Waals surface area contributed by atoms with Gasteiger partial charge < -0.3 is 5.32 Å². The normalized spacial score (nSPS) is 26.2. The molecule has 0 bridgehead atoms. The van der Waals surface area contributed by atoms with Crippen molar-refractivity contribution in [2.75, 3.05) is 6.54 Å². The highest BCUT2D eigenvalue weighted by Crippen LogP contribution is 2.43. The average Bonchev–Trinajstić information content (AvgIpc) is 2.87. The molecule has 2 heteroatoms. The minimum absolute atomic E-state index is 0.263. The number of nitrogens with zero attached hydrogens (tertiary/aromatic N) is 1. The van der Waals surface area contributed by atoms with Crippen LogP contribution < -0.4 is 5.32 Å². The quantitative estimate of drug-likeness (QED) is 0.905. The van der Waals surface area contributed by atoms with Crippen molar-refractivity contribution in [1.29, 1.82) is 0 Å². The van der Waals surface area contributed by atoms with Crippen molar-refractivity contribution < 1.29 is 0 Å². The first-order valence-electron chi connectivity index (χ1n) is 7.79. The van der Waals surface area contributed by atoms with Crippen LogP contribution in [0.4, 0.5) is 0 Å². The Kier molecular flexibility index (Phi) is 3.75. The van der Waals surface area contributed by atoms with Crippen LogP contribution >= 0.6 is 0 Å². The maximum Gasteiger partial charge on any atom is 0.0346 e. The van der Waals surface area contributed by atoms with Gasteiger partial charge in [-0.15, -0.1) is 0 Å². The molecule has 20 heavy (non-hydrogen) atoms. The third-order valence-electron chi connectivity index (χ3n) is 4.74. The molecule has 1 N–H and O–H groups in total. The van der Waals surface area contributed by atoms with E-state index in [1.807, 2.05) is 6.20 Å². The lowest BCUT2D eigenvalue weighted by Gasteiger charge is -2.26. The monoisotopic (exact) mass is 268 g/mol. The molecule has 3 rings (SSSR count). The van der Waals surface area contributed by atoms with Crippen LogP contribution in [-0.2, 0) is 5.41 Å². The Bertz CT molecular complexity index is 587. The van der Waals surface area contributed by atoms with E-state index in [-0.39, 0.29) is 5.41 Å². The Hall–Kier alpha value is -1.41. The Labute approximate surface area is 121 Å². The number of pyridine rings is 1. The highest BCUT2D eigenvalue weighted by Gasteiger charge is 2.37. The first-order valence-corrected chi connectivity index (χ1v) is 7.79. The van der Waals surface area contributed by atoms with Gasteiger partial charge in [-0.3, -0.25) is 4.98 Å². The van der Waals surface area contributed by atoms with Gasteiger partial charge in [0, 0.05) is 23.8 Å². The smallest absolute Gasteiger partial charge is 0.0346 e. The Balaban J connectivity index is 1.91. The topological polar surface area (TPSA) is 24.9 Å². The van der Waals surface area contributed by atoms with Gasteiger partial charge in [0.25, 0.3) is 0 Å². The highest BCUT2D eigenvalue weighted by molar-refractivity contribution is 5.85. The number of aromatic nitrogens is 1. The lowest BCUT2D eigenvalue weighted by molar-refractivity contribution is 0.454. The second kappa shape index (κ2) is 5.53. The molecule has 2 nitrogen and oxygen atoms in total. The maximum absolute atomic E-state index is 4.47. The van der Waals surface area contributed by atoms with E-state index in [1.54, 1.807) is 0 Å². The lowest BCUT2D eigenvalue weighted by atomic mass is 9.79. The van der Waals surface area contributed by atoms with Crippen LogP contribution in [-0.4, -0.2) is 17.6 Å². The molecular formula is C18H24N2. The van der Waals surface area contributed by atoms with Crippen molar-refractivity contribution in [2.24, 2.45) is 0 Å². The SMILES string of the molecule is CCCNC1CCC(C)(c2cncc3ccccc23)C1. The van der Waals surface area contributed by atoms with Gasteiger partial charge in [0.15, 0.2) is 0 Å². The molecule has 0 radical (unpaired) electrons. The van der Waals surface area contributed by atoms with Gasteiger partial charge in [0.1, 0.15) is 0 Å². The zero-order valence-corrected chi connectivity index (χ0v) is 12.5. The molecule has 1 saturated carbocycles. The summed E-state index contributed by atoms with van der Waals surface area (Å²) in [6, 6.07) is 9.30. The van der Waals surface area contributed by atoms with E-state index in [9.17, 15) is 0 Å². The molecule has 0 spiro atoms. The van der Waals surface area contributed by atoms with Crippen LogP contribution in [0.15, 0.2) is 36.7 Å². The van der Waals surface area contributed by atoms with E-state index in [4.69, 9.17) is 0 Å². The summed E-state index contributed by atoms with van der Waals surface area (Å²) in [5.74, 6) is 0. The molecule has 2 atom stereocenters. The molecule has 1 aliphatic rings. The molecule has 106 valence electrons. The van der Waals surface area contributed by atoms with Gasteiger partial charge in [0.2, 0.25) is 0 Å². The van der Waals surface area contributed by atoms with Gasteiger partial charge in [-0.1, -0.05) is 38.1 Å². The third kappa shape index (κ3) is 2.45. The van der Waals surface area contributed by atoms with Crippen LogP contribution in [0, 0.1) is 0 Å². The number of hydrogen-bond acceptors (Lipinski definition) is 2. The van der Waals surface area contributed by atoms with Crippen molar-refractivity contribution in [3.8, 4) is 0 Å². The van der Waals surface area contributed by atoms with E-state index in [2.05, 4.69) is 54.6 Å². The summed E-state index contributed by atoms with van der Waals surface area (Å²) < 4.78 is 0. The number of hydrogen-bond donors (Lipinski definition) is 1. The second-order valence-electron chi connectivity index (χ2n) is 6.36. The molecular weight excluding hydrogens is 244 g/mol. The zero-order valence-electron chi connectivity index (χ0n) is 12.5. The minimum Gasteiger partial charge on any atom is -0.314 e. The summed E-state index contributed by atoms with van der Waals surface area (Å²) in [6.45, 7) is 5.77. The van der Waals surface area contributed by atoms with Gasteiger partial charge in [-0.25, -0.2) is 0 Å². The second-order valence-corrected chi connectivity index (χ2v) is 6.36.